The number of halogens is 1. The minimum Gasteiger partial charge on any atom is -0.356 e. The molecular formula is C20H29FN6. The van der Waals surface area contributed by atoms with Crippen LogP contribution in [0, 0.1) is 5.82 Å². The van der Waals surface area contributed by atoms with Crippen LogP contribution in [-0.4, -0.2) is 40.9 Å². The summed E-state index contributed by atoms with van der Waals surface area (Å²) < 4.78 is 15.9. The number of hydrogen-bond acceptors (Lipinski definition) is 3. The van der Waals surface area contributed by atoms with Crippen LogP contribution in [0.3, 0.4) is 0 Å². The molecule has 2 heterocycles. The van der Waals surface area contributed by atoms with Crippen molar-refractivity contribution in [3.63, 3.8) is 0 Å². The third kappa shape index (κ3) is 5.52. The first-order valence-corrected chi connectivity index (χ1v) is 9.87. The molecular weight excluding hydrogens is 343 g/mol. The molecule has 0 saturated carbocycles. The van der Waals surface area contributed by atoms with Crippen molar-refractivity contribution in [1.82, 2.24) is 25.4 Å². The van der Waals surface area contributed by atoms with Crippen LogP contribution in [0.15, 0.2) is 29.3 Å². The van der Waals surface area contributed by atoms with Gasteiger partial charge >= 0.3 is 0 Å². The first kappa shape index (κ1) is 19.3. The van der Waals surface area contributed by atoms with E-state index in [0.29, 0.717) is 18.5 Å². The summed E-state index contributed by atoms with van der Waals surface area (Å²) in [5.41, 5.74) is 0.716. The Kier molecular flexibility index (Phi) is 7.19. The van der Waals surface area contributed by atoms with Gasteiger partial charge in [-0.25, -0.2) is 4.39 Å². The zero-order valence-corrected chi connectivity index (χ0v) is 16.0. The van der Waals surface area contributed by atoms with Gasteiger partial charge in [0, 0.05) is 39.5 Å². The molecule has 0 radical (unpaired) electrons. The molecule has 6 nitrogen and oxygen atoms in total. The van der Waals surface area contributed by atoms with E-state index in [4.69, 9.17) is 0 Å². The van der Waals surface area contributed by atoms with Crippen LogP contribution in [0.1, 0.15) is 42.9 Å². The Morgan fingerprint density at radius 1 is 1.11 bits per heavy atom. The number of fused-ring (bicyclic) bond motifs is 1. The van der Waals surface area contributed by atoms with E-state index in [2.05, 4.69) is 30.4 Å². The molecule has 0 atom stereocenters. The highest BCUT2D eigenvalue weighted by Crippen LogP contribution is 2.15. The van der Waals surface area contributed by atoms with Crippen molar-refractivity contribution in [2.75, 3.05) is 20.1 Å². The number of aliphatic imine (C=N–C) groups is 1. The number of rotatable bonds is 7. The van der Waals surface area contributed by atoms with E-state index in [1.165, 1.54) is 25.3 Å². The molecule has 27 heavy (non-hydrogen) atoms. The van der Waals surface area contributed by atoms with E-state index >= 15 is 0 Å². The van der Waals surface area contributed by atoms with Crippen LogP contribution in [0.5, 0.6) is 0 Å². The van der Waals surface area contributed by atoms with E-state index in [1.54, 1.807) is 13.1 Å². The van der Waals surface area contributed by atoms with E-state index in [9.17, 15) is 4.39 Å². The zero-order valence-electron chi connectivity index (χ0n) is 16.0. The molecule has 2 N–H and O–H groups in total. The molecule has 2 aromatic rings. The second kappa shape index (κ2) is 10.0. The van der Waals surface area contributed by atoms with Gasteiger partial charge in [-0.05, 0) is 37.3 Å². The summed E-state index contributed by atoms with van der Waals surface area (Å²) in [4.78, 5) is 4.23. The molecule has 0 amide bonds. The van der Waals surface area contributed by atoms with Crippen LogP contribution < -0.4 is 10.6 Å². The number of hydrogen-bond donors (Lipinski definition) is 2. The second-order valence-electron chi connectivity index (χ2n) is 6.87. The lowest BCUT2D eigenvalue weighted by molar-refractivity contribution is 0.593. The van der Waals surface area contributed by atoms with E-state index < -0.39 is 0 Å². The van der Waals surface area contributed by atoms with Crippen molar-refractivity contribution in [3.05, 3.63) is 47.3 Å². The Morgan fingerprint density at radius 3 is 2.81 bits per heavy atom. The van der Waals surface area contributed by atoms with Crippen molar-refractivity contribution in [2.24, 2.45) is 4.99 Å². The molecule has 1 aliphatic heterocycles. The number of benzene rings is 1. The maximum absolute atomic E-state index is 13.6. The molecule has 146 valence electrons. The predicted octanol–water partition coefficient (Wildman–Crippen LogP) is 2.48. The molecule has 0 unspecified atom stereocenters. The van der Waals surface area contributed by atoms with Crippen LogP contribution in [0.25, 0.3) is 0 Å². The molecule has 3 rings (SSSR count). The molecule has 0 bridgehead atoms. The van der Waals surface area contributed by atoms with Crippen LogP contribution >= 0.6 is 0 Å². The monoisotopic (exact) mass is 372 g/mol. The highest BCUT2D eigenvalue weighted by molar-refractivity contribution is 5.79. The smallest absolute Gasteiger partial charge is 0.190 e. The lowest BCUT2D eigenvalue weighted by atomic mass is 10.1. The van der Waals surface area contributed by atoms with Gasteiger partial charge in [-0.3, -0.25) is 4.99 Å². The summed E-state index contributed by atoms with van der Waals surface area (Å²) in [6.45, 7) is 2.49. The van der Waals surface area contributed by atoms with E-state index in [1.807, 2.05) is 12.1 Å². The fourth-order valence-corrected chi connectivity index (χ4v) is 3.42. The average molecular weight is 372 g/mol. The van der Waals surface area contributed by atoms with Crippen molar-refractivity contribution in [3.8, 4) is 0 Å². The molecule has 0 spiro atoms. The lowest BCUT2D eigenvalue weighted by Crippen LogP contribution is -2.39. The number of guanidine groups is 1. The predicted molar refractivity (Wildman–Crippen MR) is 105 cm³/mol. The van der Waals surface area contributed by atoms with Crippen LogP contribution in [0.4, 0.5) is 4.39 Å². The molecule has 0 fully saturated rings. The summed E-state index contributed by atoms with van der Waals surface area (Å²) in [5, 5.41) is 15.3. The third-order valence-electron chi connectivity index (χ3n) is 4.92. The normalized spacial score (nSPS) is 14.5. The second-order valence-corrected chi connectivity index (χ2v) is 6.87. The zero-order chi connectivity index (χ0) is 18.9. The van der Waals surface area contributed by atoms with E-state index in [-0.39, 0.29) is 5.82 Å². The van der Waals surface area contributed by atoms with Gasteiger partial charge < -0.3 is 15.2 Å². The minimum atomic E-state index is -0.158. The van der Waals surface area contributed by atoms with Gasteiger partial charge in [0.05, 0.1) is 0 Å². The van der Waals surface area contributed by atoms with Gasteiger partial charge in [0.15, 0.2) is 5.96 Å². The molecule has 1 aliphatic rings. The van der Waals surface area contributed by atoms with Crippen molar-refractivity contribution in [1.29, 1.82) is 0 Å². The topological polar surface area (TPSA) is 67.1 Å². The molecule has 0 saturated heterocycles. The first-order valence-electron chi connectivity index (χ1n) is 9.87. The lowest BCUT2D eigenvalue weighted by Gasteiger charge is -2.12. The first-order chi connectivity index (χ1) is 13.3. The van der Waals surface area contributed by atoms with Crippen molar-refractivity contribution >= 4 is 5.96 Å². The number of aryl methyl sites for hydroxylation is 2. The van der Waals surface area contributed by atoms with Gasteiger partial charge in [-0.15, -0.1) is 10.2 Å². The van der Waals surface area contributed by atoms with Crippen molar-refractivity contribution in [2.45, 2.75) is 51.5 Å². The molecule has 1 aromatic carbocycles. The number of nitrogens with zero attached hydrogens (tertiary/aromatic N) is 4. The Bertz CT molecular complexity index is 755. The molecule has 0 aliphatic carbocycles. The summed E-state index contributed by atoms with van der Waals surface area (Å²) >= 11 is 0. The largest absolute Gasteiger partial charge is 0.356 e. The Balaban J connectivity index is 1.38. The van der Waals surface area contributed by atoms with Gasteiger partial charge in [0.2, 0.25) is 0 Å². The average Bonchev–Trinajstić information content (AvgIpc) is 2.91. The summed E-state index contributed by atoms with van der Waals surface area (Å²) in [7, 11) is 1.75. The Morgan fingerprint density at radius 2 is 1.96 bits per heavy atom. The maximum atomic E-state index is 13.6. The molecule has 1 aromatic heterocycles. The standard InChI is InChI=1S/C20H29FN6/c1-22-20(24-14-12-16-8-4-5-9-17(16)21)23-13-7-11-19-26-25-18-10-3-2-6-15-27(18)19/h4-5,8-9H,2-3,6-7,10-15H2,1H3,(H2,22,23,24). The molecule has 7 heteroatoms. The fourth-order valence-electron chi connectivity index (χ4n) is 3.42. The van der Waals surface area contributed by atoms with Crippen LogP contribution in [0.2, 0.25) is 0 Å². The number of aromatic nitrogens is 3. The van der Waals surface area contributed by atoms with Gasteiger partial charge in [-0.2, -0.15) is 0 Å². The highest BCUT2D eigenvalue weighted by Gasteiger charge is 2.14. The Labute approximate surface area is 160 Å². The van der Waals surface area contributed by atoms with Gasteiger partial charge in [0.25, 0.3) is 0 Å². The van der Waals surface area contributed by atoms with E-state index in [0.717, 1.165) is 50.0 Å². The summed E-state index contributed by atoms with van der Waals surface area (Å²) in [6.07, 6.45) is 7.25. The fraction of sp³-hybridized carbons (Fsp3) is 0.550. The van der Waals surface area contributed by atoms with Crippen LogP contribution in [-0.2, 0) is 25.8 Å². The minimum absolute atomic E-state index is 0.158. The SMILES string of the molecule is CN=C(NCCCc1nnc2n1CCCCC2)NCCc1ccccc1F. The quantitative estimate of drug-likeness (QED) is 0.445. The maximum Gasteiger partial charge on any atom is 0.190 e. The Hall–Kier alpha value is -2.44. The summed E-state index contributed by atoms with van der Waals surface area (Å²) in [6, 6.07) is 6.87. The van der Waals surface area contributed by atoms with Gasteiger partial charge in [0.1, 0.15) is 17.5 Å². The highest BCUT2D eigenvalue weighted by atomic mass is 19.1. The number of nitrogens with one attached hydrogen (secondary N) is 2. The van der Waals surface area contributed by atoms with Crippen molar-refractivity contribution < 1.29 is 4.39 Å². The summed E-state index contributed by atoms with van der Waals surface area (Å²) in [5.74, 6) is 2.82. The van der Waals surface area contributed by atoms with Gasteiger partial charge in [-0.1, -0.05) is 24.6 Å². The third-order valence-corrected chi connectivity index (χ3v) is 4.92.